The Morgan fingerprint density at radius 1 is 1.17 bits per heavy atom. The van der Waals surface area contributed by atoms with Gasteiger partial charge in [0.15, 0.2) is 4.21 Å². The first kappa shape index (κ1) is 21.5. The third-order valence-corrected chi connectivity index (χ3v) is 8.23. The fraction of sp³-hybridized carbons (Fsp3) is 0.474. The number of hydrogen-bond acceptors (Lipinski definition) is 6. The normalized spacial score (nSPS) is 15.4. The van der Waals surface area contributed by atoms with E-state index in [2.05, 4.69) is 11.9 Å². The summed E-state index contributed by atoms with van der Waals surface area (Å²) in [5, 5.41) is 0. The van der Waals surface area contributed by atoms with Gasteiger partial charge in [-0.2, -0.15) is 4.31 Å². The van der Waals surface area contributed by atoms with Gasteiger partial charge in [-0.05, 0) is 37.6 Å². The van der Waals surface area contributed by atoms with Crippen LogP contribution in [0.5, 0.6) is 5.75 Å². The van der Waals surface area contributed by atoms with Crippen LogP contribution in [0.4, 0.5) is 0 Å². The van der Waals surface area contributed by atoms with Crippen molar-refractivity contribution in [1.29, 1.82) is 0 Å². The van der Waals surface area contributed by atoms with Crippen molar-refractivity contribution in [2.45, 2.75) is 30.9 Å². The molecule has 1 saturated heterocycles. The highest BCUT2D eigenvalue weighted by atomic mass is 32.2. The van der Waals surface area contributed by atoms with E-state index in [9.17, 15) is 18.0 Å². The second-order valence-corrected chi connectivity index (χ2v) is 9.97. The number of nitrogens with zero attached hydrogens (tertiary/aromatic N) is 2. The summed E-state index contributed by atoms with van der Waals surface area (Å²) in [5.74, 6) is 0.594. The van der Waals surface area contributed by atoms with Crippen LogP contribution in [-0.2, 0) is 10.0 Å². The number of aryl methyl sites for hydroxylation is 1. The van der Waals surface area contributed by atoms with E-state index in [1.165, 1.54) is 4.31 Å². The number of hydrogen-bond donors (Lipinski definition) is 1. The third kappa shape index (κ3) is 4.88. The number of amides is 1. The molecule has 0 bridgehead atoms. The van der Waals surface area contributed by atoms with Crippen LogP contribution in [0.1, 0.15) is 35.8 Å². The van der Waals surface area contributed by atoms with Gasteiger partial charge < -0.3 is 14.6 Å². The van der Waals surface area contributed by atoms with Crippen molar-refractivity contribution in [3.63, 3.8) is 0 Å². The summed E-state index contributed by atoms with van der Waals surface area (Å²) in [6, 6.07) is 7.01. The van der Waals surface area contributed by atoms with Crippen LogP contribution in [0.2, 0.25) is 0 Å². The molecule has 0 spiro atoms. The first-order valence-electron chi connectivity index (χ1n) is 9.55. The lowest BCUT2D eigenvalue weighted by Crippen LogP contribution is -2.50. The number of benzene rings is 1. The number of carbonyl (C=O) groups is 1. The average molecular weight is 440 g/mol. The fourth-order valence-corrected chi connectivity index (χ4v) is 5.95. The first-order valence-corrected chi connectivity index (χ1v) is 11.8. The number of H-pyrrole nitrogens is 1. The van der Waals surface area contributed by atoms with Gasteiger partial charge in [0.2, 0.25) is 0 Å². The van der Waals surface area contributed by atoms with Crippen LogP contribution in [-0.4, -0.2) is 61.3 Å². The topological polar surface area (TPSA) is 99.8 Å². The number of ether oxygens (including phenoxy) is 1. The highest BCUT2D eigenvalue weighted by Crippen LogP contribution is 2.23. The van der Waals surface area contributed by atoms with Crippen molar-refractivity contribution in [3.05, 3.63) is 45.2 Å². The van der Waals surface area contributed by atoms with Crippen LogP contribution in [0.25, 0.3) is 0 Å². The Hall–Kier alpha value is -2.17. The first-order chi connectivity index (χ1) is 13.8. The van der Waals surface area contributed by atoms with Crippen molar-refractivity contribution in [2.75, 3.05) is 32.8 Å². The van der Waals surface area contributed by atoms with Gasteiger partial charge in [-0.25, -0.2) is 8.42 Å². The standard InChI is InChI=1S/C19H25N3O5S2/c1-3-4-13-27-16-7-5-15(6-8-16)17(23)21-9-11-22(12-10-21)29(25,26)18-14(2)20-19(24)28-18/h5-8H,3-4,9-13H2,1-2H3,(H,20,24). The van der Waals surface area contributed by atoms with Gasteiger partial charge in [0.05, 0.1) is 6.61 Å². The number of rotatable bonds is 7. The Morgan fingerprint density at radius 3 is 2.38 bits per heavy atom. The predicted molar refractivity (Wildman–Crippen MR) is 111 cm³/mol. The molecule has 1 aliphatic rings. The van der Waals surface area contributed by atoms with Gasteiger partial charge in [0, 0.05) is 37.4 Å². The van der Waals surface area contributed by atoms with E-state index >= 15 is 0 Å². The maximum absolute atomic E-state index is 12.8. The highest BCUT2D eigenvalue weighted by molar-refractivity contribution is 7.91. The summed E-state index contributed by atoms with van der Waals surface area (Å²) < 4.78 is 32.5. The number of thiazole rings is 1. The molecule has 1 aliphatic heterocycles. The molecule has 0 radical (unpaired) electrons. The molecule has 10 heteroatoms. The maximum atomic E-state index is 12.8. The van der Waals surface area contributed by atoms with E-state index in [1.807, 2.05) is 0 Å². The highest BCUT2D eigenvalue weighted by Gasteiger charge is 2.32. The third-order valence-electron chi connectivity index (χ3n) is 4.75. The number of aromatic nitrogens is 1. The van der Waals surface area contributed by atoms with Crippen LogP contribution in [0, 0.1) is 6.92 Å². The molecule has 0 unspecified atom stereocenters. The van der Waals surface area contributed by atoms with E-state index in [1.54, 1.807) is 36.1 Å². The van der Waals surface area contributed by atoms with Crippen LogP contribution in [0.3, 0.4) is 0 Å². The summed E-state index contributed by atoms with van der Waals surface area (Å²) >= 11 is 0.694. The lowest BCUT2D eigenvalue weighted by Gasteiger charge is -2.33. The SMILES string of the molecule is CCCCOc1ccc(C(=O)N2CCN(S(=O)(=O)c3sc(=O)[nH]c3C)CC2)cc1. The van der Waals surface area contributed by atoms with E-state index < -0.39 is 14.9 Å². The predicted octanol–water partition coefficient (Wildman–Crippen LogP) is 2.07. The molecule has 1 aromatic heterocycles. The lowest BCUT2D eigenvalue weighted by molar-refractivity contribution is 0.0698. The van der Waals surface area contributed by atoms with Crippen molar-refractivity contribution in [3.8, 4) is 5.75 Å². The summed E-state index contributed by atoms with van der Waals surface area (Å²) in [4.78, 5) is 27.9. The molecule has 1 aromatic carbocycles. The van der Waals surface area contributed by atoms with E-state index in [0.29, 0.717) is 42.3 Å². The van der Waals surface area contributed by atoms with Crippen molar-refractivity contribution < 1.29 is 17.9 Å². The molecule has 0 aliphatic carbocycles. The molecule has 0 saturated carbocycles. The molecule has 3 rings (SSSR count). The zero-order chi connectivity index (χ0) is 21.0. The van der Waals surface area contributed by atoms with Crippen molar-refractivity contribution in [1.82, 2.24) is 14.2 Å². The molecule has 29 heavy (non-hydrogen) atoms. The van der Waals surface area contributed by atoms with Gasteiger partial charge in [-0.3, -0.25) is 9.59 Å². The molecular weight excluding hydrogens is 414 g/mol. The molecule has 1 fully saturated rings. The van der Waals surface area contributed by atoms with Crippen molar-refractivity contribution >= 4 is 27.3 Å². The van der Waals surface area contributed by atoms with Crippen LogP contribution < -0.4 is 9.61 Å². The quantitative estimate of drug-likeness (QED) is 0.666. The summed E-state index contributed by atoms with van der Waals surface area (Å²) in [5.41, 5.74) is 0.892. The van der Waals surface area contributed by atoms with Crippen molar-refractivity contribution in [2.24, 2.45) is 0 Å². The van der Waals surface area contributed by atoms with Crippen LogP contribution in [0.15, 0.2) is 33.3 Å². The van der Waals surface area contributed by atoms with Gasteiger partial charge in [0.1, 0.15) is 5.75 Å². The molecule has 1 amide bonds. The summed E-state index contributed by atoms with van der Waals surface area (Å²) in [6.07, 6.45) is 2.04. The lowest BCUT2D eigenvalue weighted by atomic mass is 10.2. The summed E-state index contributed by atoms with van der Waals surface area (Å²) in [6.45, 7) is 5.29. The van der Waals surface area contributed by atoms with E-state index in [4.69, 9.17) is 4.74 Å². The summed E-state index contributed by atoms with van der Waals surface area (Å²) in [7, 11) is -3.74. The van der Waals surface area contributed by atoms with Gasteiger partial charge >= 0.3 is 4.87 Å². The minimum atomic E-state index is -3.74. The number of sulfonamides is 1. The largest absolute Gasteiger partial charge is 0.494 e. The molecule has 8 nitrogen and oxygen atoms in total. The fourth-order valence-electron chi connectivity index (χ4n) is 3.10. The van der Waals surface area contributed by atoms with Gasteiger partial charge in [-0.1, -0.05) is 24.7 Å². The number of piperazine rings is 1. The molecular formula is C19H25N3O5S2. The molecule has 2 aromatic rings. The Balaban J connectivity index is 1.61. The number of aromatic amines is 1. The minimum Gasteiger partial charge on any atom is -0.494 e. The number of unbranched alkanes of at least 4 members (excludes halogenated alkanes) is 1. The minimum absolute atomic E-state index is 0.0425. The van der Waals surface area contributed by atoms with E-state index in [-0.39, 0.29) is 23.2 Å². The zero-order valence-corrected chi connectivity index (χ0v) is 18.1. The Morgan fingerprint density at radius 2 is 1.83 bits per heavy atom. The Labute approximate surface area is 174 Å². The number of nitrogens with one attached hydrogen (secondary N) is 1. The zero-order valence-electron chi connectivity index (χ0n) is 16.5. The molecule has 1 N–H and O–H groups in total. The molecule has 158 valence electrons. The maximum Gasteiger partial charge on any atom is 0.305 e. The smallest absolute Gasteiger partial charge is 0.305 e. The Bertz CT molecular complexity index is 1000. The van der Waals surface area contributed by atoms with Gasteiger partial charge in [-0.15, -0.1) is 0 Å². The monoisotopic (exact) mass is 439 g/mol. The van der Waals surface area contributed by atoms with Crippen LogP contribution >= 0.6 is 11.3 Å². The Kier molecular flexibility index (Phi) is 6.76. The number of carbonyl (C=O) groups excluding carboxylic acids is 1. The van der Waals surface area contributed by atoms with E-state index in [0.717, 1.165) is 18.6 Å². The van der Waals surface area contributed by atoms with Gasteiger partial charge in [0.25, 0.3) is 15.9 Å². The second kappa shape index (κ2) is 9.10. The molecule has 2 heterocycles. The second-order valence-electron chi connectivity index (χ2n) is 6.85. The molecule has 0 atom stereocenters. The average Bonchev–Trinajstić information content (AvgIpc) is 3.07.